The van der Waals surface area contributed by atoms with Crippen LogP contribution in [0.5, 0.6) is 5.75 Å². The zero-order valence-corrected chi connectivity index (χ0v) is 18.8. The Morgan fingerprint density at radius 1 is 1.12 bits per heavy atom. The molecule has 2 aromatic carbocycles. The summed E-state index contributed by atoms with van der Waals surface area (Å²) in [5.41, 5.74) is 3.44. The molecule has 1 saturated heterocycles. The number of hydrogen-bond donors (Lipinski definition) is 3. The van der Waals surface area contributed by atoms with E-state index in [-0.39, 0.29) is 23.8 Å². The van der Waals surface area contributed by atoms with E-state index in [1.54, 1.807) is 24.3 Å². The Balaban J connectivity index is 1.22. The summed E-state index contributed by atoms with van der Waals surface area (Å²) in [5.74, 6) is 0.0228. The lowest BCUT2D eigenvalue weighted by atomic mass is 9.94. The number of para-hydroxylation sites is 1. The Hall–Kier alpha value is -3.94. The SMILES string of the molecule is Cc1cc(COc2ccc(C(=O)NC3CCCC3C3NC(=O)NC3=O)cc2)c2ccccc2n1. The lowest BCUT2D eigenvalue weighted by Gasteiger charge is -2.24. The van der Waals surface area contributed by atoms with Gasteiger partial charge in [-0.05, 0) is 56.2 Å². The number of nitrogens with zero attached hydrogens (tertiary/aromatic N) is 1. The number of carbonyl (C=O) groups is 3. The van der Waals surface area contributed by atoms with Gasteiger partial charge in [0.1, 0.15) is 18.4 Å². The predicted molar refractivity (Wildman–Crippen MR) is 126 cm³/mol. The number of amides is 4. The Bertz CT molecular complexity index is 1260. The number of ether oxygens (including phenoxy) is 1. The van der Waals surface area contributed by atoms with Gasteiger partial charge in [0.25, 0.3) is 11.8 Å². The molecule has 2 aliphatic rings. The third kappa shape index (κ3) is 4.44. The van der Waals surface area contributed by atoms with E-state index in [0.717, 1.165) is 41.4 Å². The summed E-state index contributed by atoms with van der Waals surface area (Å²) >= 11 is 0. The number of benzene rings is 2. The van der Waals surface area contributed by atoms with Crippen molar-refractivity contribution >= 4 is 28.7 Å². The molecule has 5 rings (SSSR count). The van der Waals surface area contributed by atoms with Crippen molar-refractivity contribution in [3.63, 3.8) is 0 Å². The fourth-order valence-corrected chi connectivity index (χ4v) is 4.93. The Morgan fingerprint density at radius 3 is 2.68 bits per heavy atom. The van der Waals surface area contributed by atoms with Crippen LogP contribution in [-0.2, 0) is 11.4 Å². The lowest BCUT2D eigenvalue weighted by molar-refractivity contribution is -0.121. The highest BCUT2D eigenvalue weighted by atomic mass is 16.5. The summed E-state index contributed by atoms with van der Waals surface area (Å²) in [7, 11) is 0. The summed E-state index contributed by atoms with van der Waals surface area (Å²) in [6.07, 6.45) is 2.45. The summed E-state index contributed by atoms with van der Waals surface area (Å²) in [6.45, 7) is 2.36. The molecule has 3 atom stereocenters. The van der Waals surface area contributed by atoms with Crippen LogP contribution in [0.4, 0.5) is 4.79 Å². The molecule has 0 radical (unpaired) electrons. The number of rotatable bonds is 6. The van der Waals surface area contributed by atoms with Gasteiger partial charge in [0.15, 0.2) is 0 Å². The first-order valence-corrected chi connectivity index (χ1v) is 11.5. The number of aromatic nitrogens is 1. The first kappa shape index (κ1) is 21.9. The van der Waals surface area contributed by atoms with Gasteiger partial charge in [0.2, 0.25) is 0 Å². The van der Waals surface area contributed by atoms with Gasteiger partial charge in [-0.1, -0.05) is 24.6 Å². The molecule has 1 aromatic heterocycles. The third-order valence-electron chi connectivity index (χ3n) is 6.56. The monoisotopic (exact) mass is 458 g/mol. The Morgan fingerprint density at radius 2 is 1.91 bits per heavy atom. The normalized spacial score (nSPS) is 21.9. The summed E-state index contributed by atoms with van der Waals surface area (Å²) in [4.78, 5) is 40.9. The van der Waals surface area contributed by atoms with Crippen LogP contribution in [0.2, 0.25) is 0 Å². The maximum Gasteiger partial charge on any atom is 0.322 e. The first-order valence-electron chi connectivity index (χ1n) is 11.5. The number of nitrogens with one attached hydrogen (secondary N) is 3. The number of fused-ring (bicyclic) bond motifs is 1. The van der Waals surface area contributed by atoms with Crippen molar-refractivity contribution in [1.29, 1.82) is 0 Å². The minimum absolute atomic E-state index is 0.114. The van der Waals surface area contributed by atoms with E-state index in [1.165, 1.54) is 0 Å². The van der Waals surface area contributed by atoms with E-state index < -0.39 is 12.1 Å². The highest BCUT2D eigenvalue weighted by molar-refractivity contribution is 6.04. The zero-order chi connectivity index (χ0) is 23.7. The van der Waals surface area contributed by atoms with Gasteiger partial charge < -0.3 is 15.4 Å². The molecule has 3 aromatic rings. The van der Waals surface area contributed by atoms with Crippen molar-refractivity contribution < 1.29 is 19.1 Å². The molecular formula is C26H26N4O4. The van der Waals surface area contributed by atoms with Gasteiger partial charge in [0, 0.05) is 34.2 Å². The lowest BCUT2D eigenvalue weighted by Crippen LogP contribution is -2.47. The van der Waals surface area contributed by atoms with Crippen molar-refractivity contribution in [2.24, 2.45) is 5.92 Å². The molecule has 3 unspecified atom stereocenters. The van der Waals surface area contributed by atoms with E-state index in [1.807, 2.05) is 37.3 Å². The van der Waals surface area contributed by atoms with Gasteiger partial charge in [-0.3, -0.25) is 19.9 Å². The number of imide groups is 1. The van der Waals surface area contributed by atoms with Crippen molar-refractivity contribution in [2.45, 2.75) is 44.9 Å². The topological polar surface area (TPSA) is 109 Å². The molecule has 4 amide bonds. The second-order valence-corrected chi connectivity index (χ2v) is 8.87. The van der Waals surface area contributed by atoms with Crippen LogP contribution in [0.25, 0.3) is 10.9 Å². The molecule has 8 nitrogen and oxygen atoms in total. The van der Waals surface area contributed by atoms with Crippen LogP contribution in [0, 0.1) is 12.8 Å². The second-order valence-electron chi connectivity index (χ2n) is 8.87. The van der Waals surface area contributed by atoms with Crippen LogP contribution in [0.15, 0.2) is 54.6 Å². The van der Waals surface area contributed by atoms with Gasteiger partial charge >= 0.3 is 6.03 Å². The number of pyridine rings is 1. The molecule has 0 spiro atoms. The molecule has 2 fully saturated rings. The first-order chi connectivity index (χ1) is 16.5. The largest absolute Gasteiger partial charge is 0.489 e. The van der Waals surface area contributed by atoms with Crippen molar-refractivity contribution in [3.05, 3.63) is 71.4 Å². The van der Waals surface area contributed by atoms with Crippen LogP contribution >= 0.6 is 0 Å². The standard InChI is InChI=1S/C26H26N4O4/c1-15-13-17(19-5-2-3-7-21(19)27-15)14-34-18-11-9-16(10-12-18)24(31)28-22-8-4-6-20(22)23-25(32)30-26(33)29-23/h2-3,5,7,9-13,20,22-23H,4,6,8,14H2,1H3,(H,28,31)(H2,29,30,32,33). The number of hydrogen-bond acceptors (Lipinski definition) is 5. The van der Waals surface area contributed by atoms with Gasteiger partial charge in [-0.2, -0.15) is 0 Å². The molecule has 174 valence electrons. The van der Waals surface area contributed by atoms with E-state index in [4.69, 9.17) is 4.74 Å². The summed E-state index contributed by atoms with van der Waals surface area (Å²) in [5, 5.41) is 9.04. The van der Waals surface area contributed by atoms with Gasteiger partial charge in [-0.15, -0.1) is 0 Å². The summed E-state index contributed by atoms with van der Waals surface area (Å²) < 4.78 is 5.99. The average molecular weight is 459 g/mol. The molecular weight excluding hydrogens is 432 g/mol. The summed E-state index contributed by atoms with van der Waals surface area (Å²) in [6, 6.07) is 15.8. The highest BCUT2D eigenvalue weighted by Crippen LogP contribution is 2.30. The quantitative estimate of drug-likeness (QED) is 0.492. The second kappa shape index (κ2) is 9.13. The van der Waals surface area contributed by atoms with E-state index in [0.29, 0.717) is 17.9 Å². The minimum atomic E-state index is -0.594. The minimum Gasteiger partial charge on any atom is -0.489 e. The fraction of sp³-hybridized carbons (Fsp3) is 0.308. The van der Waals surface area contributed by atoms with Crippen LogP contribution < -0.4 is 20.7 Å². The van der Waals surface area contributed by atoms with Crippen LogP contribution in [0.3, 0.4) is 0 Å². The third-order valence-corrected chi connectivity index (χ3v) is 6.56. The molecule has 1 aliphatic heterocycles. The van der Waals surface area contributed by atoms with Crippen LogP contribution in [0.1, 0.15) is 40.9 Å². The average Bonchev–Trinajstić information content (AvgIpc) is 3.42. The van der Waals surface area contributed by atoms with E-state index in [2.05, 4.69) is 20.9 Å². The van der Waals surface area contributed by atoms with Crippen LogP contribution in [-0.4, -0.2) is 34.9 Å². The smallest absolute Gasteiger partial charge is 0.322 e. The van der Waals surface area contributed by atoms with Gasteiger partial charge in [0.05, 0.1) is 5.52 Å². The Kier molecular flexibility index (Phi) is 5.88. The Labute approximate surface area is 197 Å². The molecule has 34 heavy (non-hydrogen) atoms. The number of urea groups is 1. The molecule has 2 heterocycles. The maximum atomic E-state index is 12.8. The van der Waals surface area contributed by atoms with Crippen molar-refractivity contribution in [1.82, 2.24) is 20.9 Å². The predicted octanol–water partition coefficient (Wildman–Crippen LogP) is 3.23. The number of aryl methyl sites for hydroxylation is 1. The molecule has 8 heteroatoms. The molecule has 3 N–H and O–H groups in total. The maximum absolute atomic E-state index is 12.8. The molecule has 1 saturated carbocycles. The fourth-order valence-electron chi connectivity index (χ4n) is 4.93. The molecule has 1 aliphatic carbocycles. The zero-order valence-electron chi connectivity index (χ0n) is 18.8. The van der Waals surface area contributed by atoms with Crippen molar-refractivity contribution in [2.75, 3.05) is 0 Å². The van der Waals surface area contributed by atoms with E-state index >= 15 is 0 Å². The van der Waals surface area contributed by atoms with Gasteiger partial charge in [-0.25, -0.2) is 4.79 Å². The number of carbonyl (C=O) groups excluding carboxylic acids is 3. The highest BCUT2D eigenvalue weighted by Gasteiger charge is 2.42. The van der Waals surface area contributed by atoms with Crippen molar-refractivity contribution in [3.8, 4) is 5.75 Å². The van der Waals surface area contributed by atoms with E-state index in [9.17, 15) is 14.4 Å². The molecule has 0 bridgehead atoms.